The van der Waals surface area contributed by atoms with Gasteiger partial charge in [-0.3, -0.25) is 0 Å². The molecule has 0 bridgehead atoms. The summed E-state index contributed by atoms with van der Waals surface area (Å²) < 4.78 is 10.5. The van der Waals surface area contributed by atoms with Gasteiger partial charge in [-0.05, 0) is 30.0 Å². The van der Waals surface area contributed by atoms with Crippen LogP contribution in [0, 0.1) is 5.92 Å². The molecule has 0 amide bonds. The van der Waals surface area contributed by atoms with E-state index in [9.17, 15) is 5.11 Å². The number of aliphatic hydroxyl groups excluding tert-OH is 1. The molecule has 0 spiro atoms. The first kappa shape index (κ1) is 14.5. The van der Waals surface area contributed by atoms with E-state index in [1.807, 2.05) is 6.07 Å². The predicted molar refractivity (Wildman–Crippen MR) is 76.1 cm³/mol. The van der Waals surface area contributed by atoms with E-state index in [2.05, 4.69) is 0 Å². The minimum atomic E-state index is -0.486. The van der Waals surface area contributed by atoms with Gasteiger partial charge < -0.3 is 14.6 Å². The molecule has 0 aliphatic heterocycles. The number of methoxy groups -OCH3 is 2. The summed E-state index contributed by atoms with van der Waals surface area (Å²) in [6.45, 7) is 0. The quantitative estimate of drug-likeness (QED) is 0.889. The molecule has 4 heteroatoms. The monoisotopic (exact) mass is 284 g/mol. The molecule has 3 nitrogen and oxygen atoms in total. The van der Waals surface area contributed by atoms with Crippen LogP contribution in [0.25, 0.3) is 0 Å². The fraction of sp³-hybridized carbons (Fsp3) is 0.600. The number of aliphatic hydroxyl groups is 1. The Morgan fingerprint density at radius 3 is 2.53 bits per heavy atom. The van der Waals surface area contributed by atoms with Gasteiger partial charge in [0.05, 0.1) is 25.3 Å². The van der Waals surface area contributed by atoms with Gasteiger partial charge in [0.2, 0.25) is 0 Å². The van der Waals surface area contributed by atoms with Gasteiger partial charge in [0.1, 0.15) is 0 Å². The number of ether oxygens (including phenoxy) is 2. The van der Waals surface area contributed by atoms with E-state index < -0.39 is 6.10 Å². The lowest BCUT2D eigenvalue weighted by Crippen LogP contribution is -2.05. The van der Waals surface area contributed by atoms with Gasteiger partial charge in [0.15, 0.2) is 11.5 Å². The van der Waals surface area contributed by atoms with Crippen LogP contribution in [-0.4, -0.2) is 19.3 Å². The van der Waals surface area contributed by atoms with Gasteiger partial charge in [-0.1, -0.05) is 37.3 Å². The molecule has 0 aromatic heterocycles. The van der Waals surface area contributed by atoms with Crippen molar-refractivity contribution >= 4 is 11.6 Å². The van der Waals surface area contributed by atoms with Crippen molar-refractivity contribution in [2.45, 2.75) is 38.2 Å². The summed E-state index contributed by atoms with van der Waals surface area (Å²) >= 11 is 6.16. The Balaban J connectivity index is 2.16. The van der Waals surface area contributed by atoms with Crippen molar-refractivity contribution in [2.24, 2.45) is 5.92 Å². The van der Waals surface area contributed by atoms with Gasteiger partial charge >= 0.3 is 0 Å². The summed E-state index contributed by atoms with van der Waals surface area (Å²) in [4.78, 5) is 0. The molecule has 1 fully saturated rings. The maximum absolute atomic E-state index is 10.3. The van der Waals surface area contributed by atoms with Crippen LogP contribution < -0.4 is 9.47 Å². The van der Waals surface area contributed by atoms with Crippen molar-refractivity contribution in [1.82, 2.24) is 0 Å². The van der Waals surface area contributed by atoms with Crippen molar-refractivity contribution < 1.29 is 14.6 Å². The van der Waals surface area contributed by atoms with Crippen LogP contribution >= 0.6 is 11.6 Å². The van der Waals surface area contributed by atoms with Gasteiger partial charge in [-0.25, -0.2) is 0 Å². The van der Waals surface area contributed by atoms with Gasteiger partial charge in [0.25, 0.3) is 0 Å². The summed E-state index contributed by atoms with van der Waals surface area (Å²) in [6, 6.07) is 3.58. The molecule has 2 rings (SSSR count). The van der Waals surface area contributed by atoms with Crippen molar-refractivity contribution in [3.63, 3.8) is 0 Å². The Hall–Kier alpha value is -0.930. The number of hydrogen-bond donors (Lipinski definition) is 1. The third-order valence-corrected chi connectivity index (χ3v) is 4.15. The average molecular weight is 285 g/mol. The third kappa shape index (κ3) is 3.34. The van der Waals surface area contributed by atoms with Crippen LogP contribution in [-0.2, 0) is 0 Å². The maximum atomic E-state index is 10.3. The summed E-state index contributed by atoms with van der Waals surface area (Å²) in [7, 11) is 3.12. The van der Waals surface area contributed by atoms with E-state index in [-0.39, 0.29) is 0 Å². The second-order valence-corrected chi connectivity index (χ2v) is 5.55. The maximum Gasteiger partial charge on any atom is 0.179 e. The van der Waals surface area contributed by atoms with Gasteiger partial charge in [-0.2, -0.15) is 0 Å². The molecule has 19 heavy (non-hydrogen) atoms. The molecule has 0 heterocycles. The minimum absolute atomic E-state index is 0.474. The molecule has 1 saturated carbocycles. The highest BCUT2D eigenvalue weighted by Gasteiger charge is 2.21. The van der Waals surface area contributed by atoms with Crippen LogP contribution in [0.1, 0.15) is 43.8 Å². The lowest BCUT2D eigenvalue weighted by Gasteiger charge is -2.18. The summed E-state index contributed by atoms with van der Waals surface area (Å²) in [5.74, 6) is 1.71. The van der Waals surface area contributed by atoms with Crippen LogP contribution in [0.2, 0.25) is 5.02 Å². The van der Waals surface area contributed by atoms with Crippen molar-refractivity contribution in [1.29, 1.82) is 0 Å². The van der Waals surface area contributed by atoms with E-state index in [1.54, 1.807) is 20.3 Å². The highest BCUT2D eigenvalue weighted by molar-refractivity contribution is 6.32. The smallest absolute Gasteiger partial charge is 0.179 e. The van der Waals surface area contributed by atoms with E-state index >= 15 is 0 Å². The SMILES string of the molecule is COc1cc(C(O)CC2CCCC2)cc(Cl)c1OC. The topological polar surface area (TPSA) is 38.7 Å². The average Bonchev–Trinajstić information content (AvgIpc) is 2.90. The molecular weight excluding hydrogens is 264 g/mol. The lowest BCUT2D eigenvalue weighted by molar-refractivity contribution is 0.144. The Morgan fingerprint density at radius 1 is 1.26 bits per heavy atom. The molecule has 1 aliphatic carbocycles. The summed E-state index contributed by atoms with van der Waals surface area (Å²) in [5, 5.41) is 10.8. The molecule has 1 aromatic rings. The summed E-state index contributed by atoms with van der Waals surface area (Å²) in [5.41, 5.74) is 0.801. The highest BCUT2D eigenvalue weighted by Crippen LogP contribution is 2.40. The van der Waals surface area contributed by atoms with Crippen LogP contribution in [0.5, 0.6) is 11.5 Å². The number of rotatable bonds is 5. The molecule has 1 aliphatic rings. The third-order valence-electron chi connectivity index (χ3n) is 3.87. The highest BCUT2D eigenvalue weighted by atomic mass is 35.5. The summed E-state index contributed by atoms with van der Waals surface area (Å²) in [6.07, 6.45) is 5.32. The molecule has 106 valence electrons. The second kappa shape index (κ2) is 6.49. The number of benzene rings is 1. The lowest BCUT2D eigenvalue weighted by atomic mass is 9.95. The fourth-order valence-corrected chi connectivity index (χ4v) is 3.12. The van der Waals surface area contributed by atoms with E-state index in [1.165, 1.54) is 25.7 Å². The van der Waals surface area contributed by atoms with E-state index in [4.69, 9.17) is 21.1 Å². The standard InChI is InChI=1S/C15H21ClO3/c1-18-14-9-11(8-12(16)15(14)19-2)13(17)7-10-5-3-4-6-10/h8-10,13,17H,3-7H2,1-2H3. The number of halogens is 1. The first-order valence-corrected chi connectivity index (χ1v) is 7.13. The zero-order valence-corrected chi connectivity index (χ0v) is 12.2. The molecule has 1 N–H and O–H groups in total. The predicted octanol–water partition coefficient (Wildman–Crippen LogP) is 3.97. The van der Waals surface area contributed by atoms with E-state index in [0.717, 1.165) is 12.0 Å². The fourth-order valence-electron chi connectivity index (χ4n) is 2.83. The molecule has 0 saturated heterocycles. The van der Waals surface area contributed by atoms with E-state index in [0.29, 0.717) is 22.4 Å². The molecule has 1 atom stereocenters. The first-order chi connectivity index (χ1) is 9.15. The van der Waals surface area contributed by atoms with Crippen LogP contribution in [0.3, 0.4) is 0 Å². The normalized spacial score (nSPS) is 17.5. The zero-order chi connectivity index (χ0) is 13.8. The minimum Gasteiger partial charge on any atom is -0.493 e. The number of hydrogen-bond acceptors (Lipinski definition) is 3. The second-order valence-electron chi connectivity index (χ2n) is 5.14. The van der Waals surface area contributed by atoms with Crippen LogP contribution in [0.15, 0.2) is 12.1 Å². The molecule has 0 radical (unpaired) electrons. The van der Waals surface area contributed by atoms with Gasteiger partial charge in [0, 0.05) is 0 Å². The molecule has 1 aromatic carbocycles. The van der Waals surface area contributed by atoms with Crippen molar-refractivity contribution in [2.75, 3.05) is 14.2 Å². The molecule has 1 unspecified atom stereocenters. The van der Waals surface area contributed by atoms with Crippen molar-refractivity contribution in [3.8, 4) is 11.5 Å². The first-order valence-electron chi connectivity index (χ1n) is 6.75. The zero-order valence-electron chi connectivity index (χ0n) is 11.5. The van der Waals surface area contributed by atoms with Gasteiger partial charge in [-0.15, -0.1) is 0 Å². The Bertz CT molecular complexity index is 428. The Labute approximate surface area is 119 Å². The Kier molecular flexibility index (Phi) is 4.94. The van der Waals surface area contributed by atoms with Crippen molar-refractivity contribution in [3.05, 3.63) is 22.7 Å². The Morgan fingerprint density at radius 2 is 1.95 bits per heavy atom. The van der Waals surface area contributed by atoms with Crippen LogP contribution in [0.4, 0.5) is 0 Å². The molecular formula is C15H21ClO3. The largest absolute Gasteiger partial charge is 0.493 e.